The summed E-state index contributed by atoms with van der Waals surface area (Å²) in [7, 11) is 1.34. The van der Waals surface area contributed by atoms with Crippen LogP contribution in [0.5, 0.6) is 17.2 Å². The highest BCUT2D eigenvalue weighted by Crippen LogP contribution is 2.41. The summed E-state index contributed by atoms with van der Waals surface area (Å²) in [5.74, 6) is -3.74. The molecule has 0 aliphatic heterocycles. The Balaban J connectivity index is 3.48. The first kappa shape index (κ1) is 22.4. The van der Waals surface area contributed by atoms with Crippen LogP contribution in [-0.2, 0) is 9.59 Å². The first-order chi connectivity index (χ1) is 12.4. The number of methoxy groups -OCH3 is 1. The van der Waals surface area contributed by atoms with Crippen molar-refractivity contribution in [1.29, 1.82) is 0 Å². The van der Waals surface area contributed by atoms with Gasteiger partial charge in [-0.05, 0) is 45.4 Å². The van der Waals surface area contributed by atoms with Crippen molar-refractivity contribution in [3.63, 3.8) is 0 Å². The lowest BCUT2D eigenvalue weighted by Gasteiger charge is -2.22. The minimum atomic E-state index is -5.23. The molecular formula is C17H22F3NO6. The summed E-state index contributed by atoms with van der Waals surface area (Å²) in [5, 5.41) is 10.8. The summed E-state index contributed by atoms with van der Waals surface area (Å²) in [6.07, 6.45) is -5.91. The van der Waals surface area contributed by atoms with Crippen molar-refractivity contribution >= 4 is 11.9 Å². The molecule has 1 rings (SSSR count). The summed E-state index contributed by atoms with van der Waals surface area (Å²) in [6, 6.07) is 0.428. The maximum atomic E-state index is 12.5. The van der Waals surface area contributed by atoms with Gasteiger partial charge in [0.1, 0.15) is 0 Å². The Morgan fingerprint density at radius 2 is 1.48 bits per heavy atom. The summed E-state index contributed by atoms with van der Waals surface area (Å²) in [4.78, 5) is 22.7. The van der Waals surface area contributed by atoms with Gasteiger partial charge in [0.2, 0.25) is 5.75 Å². The number of carboxylic acids is 1. The monoisotopic (exact) mass is 393 g/mol. The third kappa shape index (κ3) is 6.22. The van der Waals surface area contributed by atoms with Gasteiger partial charge < -0.3 is 24.6 Å². The van der Waals surface area contributed by atoms with Crippen LogP contribution < -0.4 is 19.5 Å². The molecule has 10 heteroatoms. The number of carbonyl (C=O) groups excluding carboxylic acids is 1. The number of carbonyl (C=O) groups is 2. The van der Waals surface area contributed by atoms with Crippen LogP contribution in [0.4, 0.5) is 13.2 Å². The molecule has 7 nitrogen and oxygen atoms in total. The van der Waals surface area contributed by atoms with E-state index in [1.807, 2.05) is 0 Å². The van der Waals surface area contributed by atoms with Crippen LogP contribution >= 0.6 is 0 Å². The van der Waals surface area contributed by atoms with Crippen LogP contribution in [-0.4, -0.2) is 42.5 Å². The van der Waals surface area contributed by atoms with Crippen LogP contribution in [0.15, 0.2) is 12.1 Å². The lowest BCUT2D eigenvalue weighted by atomic mass is 10.0. The smallest absolute Gasteiger partial charge is 0.471 e. The van der Waals surface area contributed by atoms with Crippen LogP contribution in [0.3, 0.4) is 0 Å². The second-order valence-corrected chi connectivity index (χ2v) is 6.13. The van der Waals surface area contributed by atoms with E-state index in [2.05, 4.69) is 0 Å². The number of carboxylic acid groups (broad SMARTS) is 1. The number of alkyl halides is 3. The minimum absolute atomic E-state index is 0.0770. The summed E-state index contributed by atoms with van der Waals surface area (Å²) in [5.41, 5.74) is -0.160. The van der Waals surface area contributed by atoms with Gasteiger partial charge in [0.15, 0.2) is 17.5 Å². The molecular weight excluding hydrogens is 371 g/mol. The average Bonchev–Trinajstić information content (AvgIpc) is 2.49. The molecule has 0 aliphatic carbocycles. The zero-order valence-corrected chi connectivity index (χ0v) is 15.5. The predicted molar refractivity (Wildman–Crippen MR) is 89.1 cm³/mol. The Morgan fingerprint density at radius 1 is 1.04 bits per heavy atom. The standard InChI is InChI=1S/C17H22F3NO6/c1-8(2)26-11-6-10(7-12(14(11)25-5)27-9(3)4)13(15(22)23)21-16(24)17(18,19)20/h6-9,13H,1-5H3,(H,21,24)(H,22,23). The predicted octanol–water partition coefficient (Wildman–Crippen LogP) is 3.07. The number of hydrogen-bond donors (Lipinski definition) is 2. The Bertz CT molecular complexity index is 657. The van der Waals surface area contributed by atoms with E-state index in [-0.39, 0.29) is 35.0 Å². The SMILES string of the molecule is COc1c(OC(C)C)cc(C(NC(=O)C(F)(F)F)C(=O)O)cc1OC(C)C. The van der Waals surface area contributed by atoms with Gasteiger partial charge in [-0.1, -0.05) is 0 Å². The first-order valence-electron chi connectivity index (χ1n) is 8.02. The zero-order valence-electron chi connectivity index (χ0n) is 15.5. The third-order valence-corrected chi connectivity index (χ3v) is 3.09. The van der Waals surface area contributed by atoms with E-state index in [1.54, 1.807) is 27.7 Å². The zero-order chi connectivity index (χ0) is 20.9. The molecule has 0 fully saturated rings. The van der Waals surface area contributed by atoms with Crippen molar-refractivity contribution in [2.45, 2.75) is 52.1 Å². The average molecular weight is 393 g/mol. The van der Waals surface area contributed by atoms with Gasteiger partial charge in [-0.15, -0.1) is 0 Å². The van der Waals surface area contributed by atoms with Gasteiger partial charge in [-0.2, -0.15) is 13.2 Å². The number of ether oxygens (including phenoxy) is 3. The fourth-order valence-corrected chi connectivity index (χ4v) is 2.15. The highest BCUT2D eigenvalue weighted by Gasteiger charge is 2.41. The lowest BCUT2D eigenvalue weighted by Crippen LogP contribution is -2.41. The van der Waals surface area contributed by atoms with Crippen LogP contribution in [0.1, 0.15) is 39.3 Å². The number of halogens is 3. The Hall–Kier alpha value is -2.65. The Labute approximate surface area is 154 Å². The van der Waals surface area contributed by atoms with Crippen LogP contribution in [0.2, 0.25) is 0 Å². The number of rotatable bonds is 8. The van der Waals surface area contributed by atoms with E-state index >= 15 is 0 Å². The van der Waals surface area contributed by atoms with E-state index in [0.29, 0.717) is 0 Å². The maximum absolute atomic E-state index is 12.5. The largest absolute Gasteiger partial charge is 0.490 e. The quantitative estimate of drug-likeness (QED) is 0.705. The molecule has 1 unspecified atom stereocenters. The van der Waals surface area contributed by atoms with E-state index in [0.717, 1.165) is 0 Å². The molecule has 2 N–H and O–H groups in total. The van der Waals surface area contributed by atoms with Crippen molar-refractivity contribution in [1.82, 2.24) is 5.32 Å². The van der Waals surface area contributed by atoms with Gasteiger partial charge in [0.05, 0.1) is 19.3 Å². The van der Waals surface area contributed by atoms with Crippen molar-refractivity contribution in [2.24, 2.45) is 0 Å². The molecule has 0 heterocycles. The first-order valence-corrected chi connectivity index (χ1v) is 8.02. The van der Waals surface area contributed by atoms with Gasteiger partial charge in [0.25, 0.3) is 0 Å². The molecule has 0 saturated heterocycles. The van der Waals surface area contributed by atoms with Gasteiger partial charge in [-0.3, -0.25) is 4.79 Å². The molecule has 1 atom stereocenters. The number of benzene rings is 1. The molecule has 0 radical (unpaired) electrons. The fourth-order valence-electron chi connectivity index (χ4n) is 2.15. The van der Waals surface area contributed by atoms with Gasteiger partial charge >= 0.3 is 18.1 Å². The summed E-state index contributed by atoms with van der Waals surface area (Å²) >= 11 is 0. The van der Waals surface area contributed by atoms with Gasteiger partial charge in [-0.25, -0.2) is 4.79 Å². The van der Waals surface area contributed by atoms with Crippen molar-refractivity contribution < 1.29 is 42.1 Å². The lowest BCUT2D eigenvalue weighted by molar-refractivity contribution is -0.175. The molecule has 27 heavy (non-hydrogen) atoms. The van der Waals surface area contributed by atoms with Crippen LogP contribution in [0, 0.1) is 0 Å². The normalized spacial score (nSPS) is 12.7. The maximum Gasteiger partial charge on any atom is 0.471 e. The van der Waals surface area contributed by atoms with Crippen molar-refractivity contribution in [2.75, 3.05) is 7.11 Å². The molecule has 1 amide bonds. The second-order valence-electron chi connectivity index (χ2n) is 6.13. The molecule has 0 aliphatic rings. The minimum Gasteiger partial charge on any atom is -0.490 e. The summed E-state index contributed by atoms with van der Waals surface area (Å²) in [6.45, 7) is 6.81. The number of amides is 1. The fraction of sp³-hybridized carbons (Fsp3) is 0.529. The molecule has 0 aromatic heterocycles. The van der Waals surface area contributed by atoms with E-state index in [1.165, 1.54) is 24.6 Å². The molecule has 0 bridgehead atoms. The van der Waals surface area contributed by atoms with E-state index < -0.39 is 24.1 Å². The molecule has 152 valence electrons. The molecule has 1 aromatic rings. The van der Waals surface area contributed by atoms with E-state index in [9.17, 15) is 27.9 Å². The Morgan fingerprint density at radius 3 is 1.78 bits per heavy atom. The molecule has 1 aromatic carbocycles. The third-order valence-electron chi connectivity index (χ3n) is 3.09. The summed E-state index contributed by atoms with van der Waals surface area (Å²) < 4.78 is 54.0. The van der Waals surface area contributed by atoms with Crippen LogP contribution in [0.25, 0.3) is 0 Å². The highest BCUT2D eigenvalue weighted by atomic mass is 19.4. The van der Waals surface area contributed by atoms with Crippen molar-refractivity contribution in [3.8, 4) is 17.2 Å². The van der Waals surface area contributed by atoms with E-state index in [4.69, 9.17) is 14.2 Å². The number of nitrogens with one attached hydrogen (secondary N) is 1. The van der Waals surface area contributed by atoms with Gasteiger partial charge in [0, 0.05) is 0 Å². The second kappa shape index (κ2) is 8.83. The molecule has 0 spiro atoms. The highest BCUT2D eigenvalue weighted by molar-refractivity contribution is 5.87. The Kier molecular flexibility index (Phi) is 7.32. The number of aliphatic carboxylic acids is 1. The topological polar surface area (TPSA) is 94.1 Å². The number of hydrogen-bond acceptors (Lipinski definition) is 5. The van der Waals surface area contributed by atoms with Crippen molar-refractivity contribution in [3.05, 3.63) is 17.7 Å². The molecule has 0 saturated carbocycles.